The van der Waals surface area contributed by atoms with E-state index in [1.54, 1.807) is 0 Å². The summed E-state index contributed by atoms with van der Waals surface area (Å²) in [5.74, 6) is 1.00. The second-order valence-electron chi connectivity index (χ2n) is 6.77. The van der Waals surface area contributed by atoms with Crippen LogP contribution < -0.4 is 5.32 Å². The van der Waals surface area contributed by atoms with Crippen molar-refractivity contribution in [2.45, 2.75) is 76.4 Å². The maximum absolute atomic E-state index is 3.83. The SMILES string of the molecule is CCC1(C)CNC(C2CC2)CN1C1CCCC1. The Hall–Kier alpha value is -0.0800. The molecule has 2 saturated carbocycles. The van der Waals surface area contributed by atoms with E-state index in [2.05, 4.69) is 24.1 Å². The van der Waals surface area contributed by atoms with Gasteiger partial charge in [-0.25, -0.2) is 0 Å². The molecule has 0 bridgehead atoms. The van der Waals surface area contributed by atoms with Gasteiger partial charge in [-0.2, -0.15) is 0 Å². The van der Waals surface area contributed by atoms with E-state index in [-0.39, 0.29) is 0 Å². The van der Waals surface area contributed by atoms with Crippen LogP contribution in [0.2, 0.25) is 0 Å². The van der Waals surface area contributed by atoms with Gasteiger partial charge in [-0.05, 0) is 44.9 Å². The molecule has 0 aromatic heterocycles. The molecule has 0 aromatic carbocycles. The van der Waals surface area contributed by atoms with Gasteiger partial charge in [-0.1, -0.05) is 19.8 Å². The molecule has 1 heterocycles. The first-order chi connectivity index (χ1) is 8.23. The molecule has 2 unspecified atom stereocenters. The van der Waals surface area contributed by atoms with Crippen LogP contribution in [0.1, 0.15) is 58.8 Å². The molecular weight excluding hydrogens is 208 g/mol. The van der Waals surface area contributed by atoms with E-state index in [1.165, 1.54) is 58.0 Å². The number of hydrogen-bond acceptors (Lipinski definition) is 2. The molecule has 2 aliphatic carbocycles. The van der Waals surface area contributed by atoms with Gasteiger partial charge in [0, 0.05) is 30.7 Å². The Morgan fingerprint density at radius 1 is 1.18 bits per heavy atom. The van der Waals surface area contributed by atoms with E-state index in [9.17, 15) is 0 Å². The first kappa shape index (κ1) is 12.0. The van der Waals surface area contributed by atoms with E-state index in [4.69, 9.17) is 0 Å². The van der Waals surface area contributed by atoms with Crippen LogP contribution >= 0.6 is 0 Å². The Balaban J connectivity index is 1.72. The molecule has 3 fully saturated rings. The van der Waals surface area contributed by atoms with Crippen molar-refractivity contribution in [1.82, 2.24) is 10.2 Å². The summed E-state index contributed by atoms with van der Waals surface area (Å²) < 4.78 is 0. The van der Waals surface area contributed by atoms with E-state index in [1.807, 2.05) is 0 Å². The quantitative estimate of drug-likeness (QED) is 0.810. The molecular formula is C15H28N2. The lowest BCUT2D eigenvalue weighted by Gasteiger charge is -2.51. The maximum atomic E-state index is 3.83. The standard InChI is InChI=1S/C15H28N2/c1-3-15(2)11-16-14(12-8-9-12)10-17(15)13-6-4-5-7-13/h12-14,16H,3-11H2,1-2H3. The van der Waals surface area contributed by atoms with Gasteiger partial charge in [0.25, 0.3) is 0 Å². The number of rotatable bonds is 3. The van der Waals surface area contributed by atoms with Crippen molar-refractivity contribution < 1.29 is 0 Å². The average Bonchev–Trinajstić information content (AvgIpc) is 3.05. The fraction of sp³-hybridized carbons (Fsp3) is 1.00. The zero-order valence-corrected chi connectivity index (χ0v) is 11.5. The van der Waals surface area contributed by atoms with Crippen molar-refractivity contribution in [3.05, 3.63) is 0 Å². The van der Waals surface area contributed by atoms with E-state index in [0.717, 1.165) is 18.0 Å². The predicted molar refractivity (Wildman–Crippen MR) is 72.2 cm³/mol. The largest absolute Gasteiger partial charge is 0.311 e. The van der Waals surface area contributed by atoms with Crippen LogP contribution in [0.4, 0.5) is 0 Å². The molecule has 2 atom stereocenters. The fourth-order valence-electron chi connectivity index (χ4n) is 3.90. The Morgan fingerprint density at radius 2 is 1.88 bits per heavy atom. The van der Waals surface area contributed by atoms with Crippen molar-refractivity contribution in [3.8, 4) is 0 Å². The Kier molecular flexibility index (Phi) is 3.20. The van der Waals surface area contributed by atoms with Crippen molar-refractivity contribution in [1.29, 1.82) is 0 Å². The van der Waals surface area contributed by atoms with Crippen LogP contribution in [-0.4, -0.2) is 35.6 Å². The van der Waals surface area contributed by atoms with Crippen LogP contribution in [0.3, 0.4) is 0 Å². The summed E-state index contributed by atoms with van der Waals surface area (Å²) in [6.45, 7) is 7.36. The molecule has 98 valence electrons. The predicted octanol–water partition coefficient (Wildman–Crippen LogP) is 2.78. The summed E-state index contributed by atoms with van der Waals surface area (Å²) in [7, 11) is 0. The molecule has 2 nitrogen and oxygen atoms in total. The number of hydrogen-bond donors (Lipinski definition) is 1. The van der Waals surface area contributed by atoms with Gasteiger partial charge in [0.2, 0.25) is 0 Å². The third kappa shape index (κ3) is 2.26. The first-order valence-corrected chi connectivity index (χ1v) is 7.73. The fourth-order valence-corrected chi connectivity index (χ4v) is 3.90. The molecule has 1 aliphatic heterocycles. The Labute approximate surface area is 106 Å². The zero-order valence-electron chi connectivity index (χ0n) is 11.5. The van der Waals surface area contributed by atoms with Crippen molar-refractivity contribution in [2.75, 3.05) is 13.1 Å². The summed E-state index contributed by atoms with van der Waals surface area (Å²) in [5.41, 5.74) is 0.417. The highest BCUT2D eigenvalue weighted by atomic mass is 15.3. The summed E-state index contributed by atoms with van der Waals surface area (Å²) in [6.07, 6.45) is 10.1. The van der Waals surface area contributed by atoms with Gasteiger partial charge in [0.05, 0.1) is 0 Å². The molecule has 2 heteroatoms. The van der Waals surface area contributed by atoms with E-state index in [0.29, 0.717) is 5.54 Å². The van der Waals surface area contributed by atoms with Gasteiger partial charge in [-0.15, -0.1) is 0 Å². The monoisotopic (exact) mass is 236 g/mol. The smallest absolute Gasteiger partial charge is 0.0306 e. The average molecular weight is 236 g/mol. The van der Waals surface area contributed by atoms with Gasteiger partial charge >= 0.3 is 0 Å². The maximum Gasteiger partial charge on any atom is 0.0306 e. The third-order valence-electron chi connectivity index (χ3n) is 5.55. The van der Waals surface area contributed by atoms with Gasteiger partial charge in [-0.3, -0.25) is 4.90 Å². The molecule has 0 amide bonds. The molecule has 3 rings (SSSR count). The minimum absolute atomic E-state index is 0.417. The highest BCUT2D eigenvalue weighted by molar-refractivity contribution is 5.02. The Bertz CT molecular complexity index is 268. The minimum atomic E-state index is 0.417. The summed E-state index contributed by atoms with van der Waals surface area (Å²) in [5, 5.41) is 3.83. The number of nitrogens with zero attached hydrogens (tertiary/aromatic N) is 1. The lowest BCUT2D eigenvalue weighted by atomic mass is 9.89. The van der Waals surface area contributed by atoms with Gasteiger partial charge < -0.3 is 5.32 Å². The second-order valence-corrected chi connectivity index (χ2v) is 6.77. The van der Waals surface area contributed by atoms with E-state index < -0.39 is 0 Å². The van der Waals surface area contributed by atoms with Crippen molar-refractivity contribution in [3.63, 3.8) is 0 Å². The number of nitrogens with one attached hydrogen (secondary N) is 1. The summed E-state index contributed by atoms with van der Waals surface area (Å²) in [4.78, 5) is 2.89. The zero-order chi connectivity index (χ0) is 11.9. The molecule has 0 aromatic rings. The molecule has 3 aliphatic rings. The van der Waals surface area contributed by atoms with Crippen LogP contribution in [0.5, 0.6) is 0 Å². The number of piperazine rings is 1. The van der Waals surface area contributed by atoms with Crippen molar-refractivity contribution in [2.24, 2.45) is 5.92 Å². The highest BCUT2D eigenvalue weighted by Crippen LogP contribution is 2.39. The molecule has 17 heavy (non-hydrogen) atoms. The third-order valence-corrected chi connectivity index (χ3v) is 5.55. The minimum Gasteiger partial charge on any atom is -0.311 e. The molecule has 1 N–H and O–H groups in total. The topological polar surface area (TPSA) is 15.3 Å². The second kappa shape index (κ2) is 4.55. The van der Waals surface area contributed by atoms with Crippen LogP contribution in [0, 0.1) is 5.92 Å². The van der Waals surface area contributed by atoms with Crippen LogP contribution in [-0.2, 0) is 0 Å². The van der Waals surface area contributed by atoms with Gasteiger partial charge in [0.1, 0.15) is 0 Å². The van der Waals surface area contributed by atoms with Crippen LogP contribution in [0.25, 0.3) is 0 Å². The lowest BCUT2D eigenvalue weighted by Crippen LogP contribution is -2.65. The molecule has 0 radical (unpaired) electrons. The molecule has 0 spiro atoms. The van der Waals surface area contributed by atoms with E-state index >= 15 is 0 Å². The summed E-state index contributed by atoms with van der Waals surface area (Å²) >= 11 is 0. The van der Waals surface area contributed by atoms with Gasteiger partial charge in [0.15, 0.2) is 0 Å². The normalized spacial score (nSPS) is 40.9. The Morgan fingerprint density at radius 3 is 2.47 bits per heavy atom. The lowest BCUT2D eigenvalue weighted by molar-refractivity contribution is 0.00830. The first-order valence-electron chi connectivity index (χ1n) is 7.73. The highest BCUT2D eigenvalue weighted by Gasteiger charge is 2.44. The summed E-state index contributed by atoms with van der Waals surface area (Å²) in [6, 6.07) is 1.69. The van der Waals surface area contributed by atoms with Crippen LogP contribution in [0.15, 0.2) is 0 Å². The molecule has 1 saturated heterocycles. The van der Waals surface area contributed by atoms with Crippen molar-refractivity contribution >= 4 is 0 Å².